The summed E-state index contributed by atoms with van der Waals surface area (Å²) >= 11 is 0. The van der Waals surface area contributed by atoms with E-state index in [0.717, 1.165) is 0 Å². The number of phosphoric acid groups is 1. The van der Waals surface area contributed by atoms with E-state index in [0.29, 0.717) is 0 Å². The molecule has 0 radical (unpaired) electrons. The van der Waals surface area contributed by atoms with Crippen LogP contribution < -0.4 is 0 Å². The highest BCUT2D eigenvalue weighted by molar-refractivity contribution is 7.47. The molecule has 0 bridgehead atoms. The van der Waals surface area contributed by atoms with Crippen LogP contribution in [0.1, 0.15) is 0 Å². The quantitative estimate of drug-likeness (QED) is 0.393. The van der Waals surface area contributed by atoms with Crippen molar-refractivity contribution in [1.82, 2.24) is 0 Å². The lowest BCUT2D eigenvalue weighted by molar-refractivity contribution is -0.245. The molecule has 2 saturated heterocycles. The van der Waals surface area contributed by atoms with E-state index in [4.69, 9.17) is 14.7 Å². The fourth-order valence-electron chi connectivity index (χ4n) is 1.55. The third-order valence-electron chi connectivity index (χ3n) is 2.28. The summed E-state index contributed by atoms with van der Waals surface area (Å²) in [6.45, 7) is 0. The number of carbonyl (C=O) groups is 1. The van der Waals surface area contributed by atoms with Gasteiger partial charge in [-0.1, -0.05) is 0 Å². The van der Waals surface area contributed by atoms with Gasteiger partial charge in [-0.2, -0.15) is 0 Å². The first-order valence-electron chi connectivity index (χ1n) is 4.26. The monoisotopic (exact) mass is 256 g/mol. The predicted molar refractivity (Wildman–Crippen MR) is 44.1 cm³/mol. The molecule has 4 N–H and O–H groups in total. The van der Waals surface area contributed by atoms with Crippen molar-refractivity contribution < 1.29 is 43.4 Å². The van der Waals surface area contributed by atoms with Gasteiger partial charge in [0.2, 0.25) is 0 Å². The molecule has 0 aromatic heterocycles. The van der Waals surface area contributed by atoms with Gasteiger partial charge < -0.3 is 24.9 Å². The Bertz CT molecular complexity index is 356. The number of rotatable bonds is 1. The number of carboxylic acids is 1. The largest absolute Gasteiger partial charge is 0.479 e. The van der Waals surface area contributed by atoms with Gasteiger partial charge in [-0.15, -0.1) is 0 Å². The summed E-state index contributed by atoms with van der Waals surface area (Å²) in [6.07, 6.45) is -8.06. The molecule has 2 rings (SSSR count). The maximum atomic E-state index is 11.0. The summed E-state index contributed by atoms with van der Waals surface area (Å²) < 4.78 is 24.5. The first-order valence-corrected chi connectivity index (χ1v) is 5.75. The second kappa shape index (κ2) is 3.74. The van der Waals surface area contributed by atoms with Crippen LogP contribution in [-0.2, 0) is 23.1 Å². The van der Waals surface area contributed by atoms with Gasteiger partial charge in [-0.05, 0) is 0 Å². The standard InChI is InChI=1S/C6H9O9P/c7-1-2(8)4-6(13-3(1)5(9)10)15-16(11,12)14-4/h1-4,6-8H,(H,9,10)(H,11,12)/t1-,2-,3-,4+,6?/m0/s1. The summed E-state index contributed by atoms with van der Waals surface area (Å²) in [5, 5.41) is 27.5. The van der Waals surface area contributed by atoms with Crippen LogP contribution in [-0.4, -0.2) is 56.9 Å². The number of phosphoric ester groups is 1. The Morgan fingerprint density at radius 2 is 1.81 bits per heavy atom. The molecule has 16 heavy (non-hydrogen) atoms. The molecule has 0 spiro atoms. The molecule has 6 atom stereocenters. The van der Waals surface area contributed by atoms with Crippen LogP contribution in [0.25, 0.3) is 0 Å². The summed E-state index contributed by atoms with van der Waals surface area (Å²) in [5.74, 6) is -1.52. The van der Waals surface area contributed by atoms with E-state index in [9.17, 15) is 19.6 Å². The van der Waals surface area contributed by atoms with Gasteiger partial charge >= 0.3 is 13.8 Å². The molecule has 9 nitrogen and oxygen atoms in total. The molecule has 2 aliphatic rings. The van der Waals surface area contributed by atoms with Crippen LogP contribution in [0.4, 0.5) is 0 Å². The van der Waals surface area contributed by atoms with E-state index in [1.54, 1.807) is 0 Å². The van der Waals surface area contributed by atoms with Gasteiger partial charge in [0, 0.05) is 0 Å². The second-order valence-electron chi connectivity index (χ2n) is 3.39. The third kappa shape index (κ3) is 1.87. The molecule has 0 aliphatic carbocycles. The van der Waals surface area contributed by atoms with Crippen LogP contribution in [0.2, 0.25) is 0 Å². The zero-order chi connectivity index (χ0) is 12.1. The Labute approximate surface area is 88.8 Å². The summed E-state index contributed by atoms with van der Waals surface area (Å²) in [4.78, 5) is 19.6. The Morgan fingerprint density at radius 3 is 2.38 bits per heavy atom. The third-order valence-corrected chi connectivity index (χ3v) is 3.27. The SMILES string of the molecule is O=C(O)[C@H]1OC2OP(=O)(O)O[C@@H]2[C@@H](O)[C@@H]1O. The van der Waals surface area contributed by atoms with Crippen molar-refractivity contribution in [1.29, 1.82) is 0 Å². The average Bonchev–Trinajstić information content (AvgIpc) is 2.46. The van der Waals surface area contributed by atoms with Crippen molar-refractivity contribution >= 4 is 13.8 Å². The normalized spacial score (nSPS) is 52.3. The Balaban J connectivity index is 2.22. The minimum absolute atomic E-state index is 1.39. The van der Waals surface area contributed by atoms with Crippen molar-refractivity contribution in [2.24, 2.45) is 0 Å². The highest BCUT2D eigenvalue weighted by atomic mass is 31.2. The number of carboxylic acid groups (broad SMARTS) is 1. The van der Waals surface area contributed by atoms with E-state index in [-0.39, 0.29) is 0 Å². The Morgan fingerprint density at radius 1 is 1.19 bits per heavy atom. The molecular formula is C6H9O9P. The van der Waals surface area contributed by atoms with E-state index in [1.165, 1.54) is 0 Å². The summed E-state index contributed by atoms with van der Waals surface area (Å²) in [6, 6.07) is 0. The minimum Gasteiger partial charge on any atom is -0.479 e. The fraction of sp³-hybridized carbons (Fsp3) is 0.833. The highest BCUT2D eigenvalue weighted by Gasteiger charge is 2.57. The maximum Gasteiger partial charge on any atom is 0.475 e. The van der Waals surface area contributed by atoms with Gasteiger partial charge in [-0.3, -0.25) is 9.05 Å². The van der Waals surface area contributed by atoms with Crippen molar-refractivity contribution in [3.63, 3.8) is 0 Å². The number of aliphatic carboxylic acids is 1. The summed E-state index contributed by atoms with van der Waals surface area (Å²) in [5.41, 5.74) is 0. The molecule has 2 heterocycles. The molecule has 0 aromatic rings. The highest BCUT2D eigenvalue weighted by Crippen LogP contribution is 2.55. The lowest BCUT2D eigenvalue weighted by Crippen LogP contribution is -2.58. The smallest absolute Gasteiger partial charge is 0.475 e. The summed E-state index contributed by atoms with van der Waals surface area (Å²) in [7, 11) is -4.36. The van der Waals surface area contributed by atoms with Crippen molar-refractivity contribution in [2.75, 3.05) is 0 Å². The Hall–Kier alpha value is -0.540. The van der Waals surface area contributed by atoms with Gasteiger partial charge in [-0.25, -0.2) is 9.36 Å². The first kappa shape index (κ1) is 11.9. The van der Waals surface area contributed by atoms with Crippen LogP contribution in [0.5, 0.6) is 0 Å². The molecule has 0 aromatic carbocycles. The number of ether oxygens (including phenoxy) is 1. The number of aliphatic hydroxyl groups excluding tert-OH is 2. The van der Waals surface area contributed by atoms with Gasteiger partial charge in [0.05, 0.1) is 0 Å². The van der Waals surface area contributed by atoms with Crippen LogP contribution in [0.3, 0.4) is 0 Å². The molecule has 92 valence electrons. The van der Waals surface area contributed by atoms with E-state index in [2.05, 4.69) is 9.05 Å². The zero-order valence-electron chi connectivity index (χ0n) is 7.66. The lowest BCUT2D eigenvalue weighted by atomic mass is 9.99. The van der Waals surface area contributed by atoms with Crippen molar-refractivity contribution in [2.45, 2.75) is 30.7 Å². The van der Waals surface area contributed by atoms with E-state index in [1.807, 2.05) is 0 Å². The number of hydrogen-bond acceptors (Lipinski definition) is 7. The first-order chi connectivity index (χ1) is 7.32. The fourth-order valence-corrected chi connectivity index (χ4v) is 2.56. The Kier molecular flexibility index (Phi) is 2.79. The molecule has 0 saturated carbocycles. The van der Waals surface area contributed by atoms with Gasteiger partial charge in [0.1, 0.15) is 18.3 Å². The molecule has 10 heteroatoms. The van der Waals surface area contributed by atoms with E-state index < -0.39 is 44.5 Å². The number of aliphatic hydroxyl groups is 2. The number of fused-ring (bicyclic) bond motifs is 1. The van der Waals surface area contributed by atoms with Crippen LogP contribution in [0.15, 0.2) is 0 Å². The average molecular weight is 256 g/mol. The van der Waals surface area contributed by atoms with Crippen molar-refractivity contribution in [3.8, 4) is 0 Å². The van der Waals surface area contributed by atoms with Crippen molar-refractivity contribution in [3.05, 3.63) is 0 Å². The topological polar surface area (TPSA) is 143 Å². The molecule has 0 amide bonds. The molecule has 2 unspecified atom stereocenters. The predicted octanol–water partition coefficient (Wildman–Crippen LogP) is -1.97. The van der Waals surface area contributed by atoms with E-state index >= 15 is 0 Å². The van der Waals surface area contributed by atoms with Crippen LogP contribution in [0, 0.1) is 0 Å². The maximum absolute atomic E-state index is 11.0. The van der Waals surface area contributed by atoms with Gasteiger partial charge in [0.15, 0.2) is 12.4 Å². The van der Waals surface area contributed by atoms with Gasteiger partial charge in [0.25, 0.3) is 0 Å². The molecule has 2 fully saturated rings. The second-order valence-corrected chi connectivity index (χ2v) is 4.75. The zero-order valence-corrected chi connectivity index (χ0v) is 8.56. The molecule has 2 aliphatic heterocycles. The van der Waals surface area contributed by atoms with Crippen LogP contribution >= 0.6 is 7.82 Å². The minimum atomic E-state index is -4.36. The number of hydrogen-bond donors (Lipinski definition) is 4. The lowest BCUT2D eigenvalue weighted by Gasteiger charge is -2.34. The molecular weight excluding hydrogens is 247 g/mol.